The summed E-state index contributed by atoms with van der Waals surface area (Å²) in [6.45, 7) is 2.67. The van der Waals surface area contributed by atoms with E-state index < -0.39 is 15.9 Å². The summed E-state index contributed by atoms with van der Waals surface area (Å²) in [5.74, 6) is -1.47. The summed E-state index contributed by atoms with van der Waals surface area (Å²) >= 11 is 5.73. The number of benzene rings is 1. The Balaban J connectivity index is 3.82. The molecule has 0 spiro atoms. The second kappa shape index (κ2) is 8.64. The summed E-state index contributed by atoms with van der Waals surface area (Å²) in [4.78, 5) is 37.2. The predicted molar refractivity (Wildman–Crippen MR) is 120 cm³/mol. The van der Waals surface area contributed by atoms with E-state index in [9.17, 15) is 22.8 Å². The zero-order chi connectivity index (χ0) is 19.7. The fraction of sp³-hybridized carbons (Fsp3) is 0.308. The van der Waals surface area contributed by atoms with E-state index in [1.165, 1.54) is 25.8 Å². The quantitative estimate of drug-likeness (QED) is 0.467. The first-order valence-electron chi connectivity index (χ1n) is 6.52. The highest BCUT2D eigenvalue weighted by Crippen LogP contribution is 2.40. The van der Waals surface area contributed by atoms with Gasteiger partial charge in [0.2, 0.25) is 21.8 Å². The number of anilines is 2. The van der Waals surface area contributed by atoms with Crippen LogP contribution >= 0.6 is 67.8 Å². The van der Waals surface area contributed by atoms with Crippen molar-refractivity contribution in [3.05, 3.63) is 16.3 Å². The molecule has 0 unspecified atom stereocenters. The highest BCUT2D eigenvalue weighted by molar-refractivity contribution is 14.1. The lowest BCUT2D eigenvalue weighted by atomic mass is 10.1. The zero-order valence-corrected chi connectivity index (χ0v) is 20.8. The fourth-order valence-corrected chi connectivity index (χ4v) is 6.90. The number of carbonyl (C=O) groups excluding carboxylic acids is 3. The van der Waals surface area contributed by atoms with Crippen molar-refractivity contribution in [1.82, 2.24) is 4.72 Å². The van der Waals surface area contributed by atoms with Gasteiger partial charge in [0.25, 0.3) is 5.91 Å². The van der Waals surface area contributed by atoms with Crippen LogP contribution in [0.15, 0.2) is 0 Å². The van der Waals surface area contributed by atoms with Crippen molar-refractivity contribution in [2.45, 2.75) is 13.8 Å². The van der Waals surface area contributed by atoms with Gasteiger partial charge in [-0.15, -0.1) is 0 Å². The Labute approximate surface area is 186 Å². The van der Waals surface area contributed by atoms with E-state index in [4.69, 9.17) is 0 Å². The Morgan fingerprint density at radius 2 is 1.52 bits per heavy atom. The Morgan fingerprint density at radius 1 is 1.00 bits per heavy atom. The highest BCUT2D eigenvalue weighted by atomic mass is 127. The van der Waals surface area contributed by atoms with Gasteiger partial charge in [-0.25, -0.2) is 13.1 Å². The van der Waals surface area contributed by atoms with Crippen molar-refractivity contribution in [3.63, 3.8) is 0 Å². The topological polar surface area (TPSA) is 113 Å². The van der Waals surface area contributed by atoms with Crippen LogP contribution in [0.2, 0.25) is 0 Å². The number of sulfonamides is 1. The predicted octanol–water partition coefficient (Wildman–Crippen LogP) is 2.13. The van der Waals surface area contributed by atoms with Crippen LogP contribution in [-0.4, -0.2) is 39.4 Å². The van der Waals surface area contributed by atoms with Crippen molar-refractivity contribution < 1.29 is 22.8 Å². The third-order valence-electron chi connectivity index (χ3n) is 2.91. The minimum atomic E-state index is -3.78. The van der Waals surface area contributed by atoms with Crippen LogP contribution in [0.1, 0.15) is 24.2 Å². The van der Waals surface area contributed by atoms with E-state index in [1.807, 2.05) is 72.5 Å². The molecule has 1 aromatic rings. The number of hydrogen-bond donors (Lipinski definition) is 2. The third kappa shape index (κ3) is 5.62. The number of rotatable bonds is 4. The van der Waals surface area contributed by atoms with Crippen LogP contribution in [0, 0.1) is 10.7 Å². The second-order valence-corrected chi connectivity index (χ2v) is 9.99. The summed E-state index contributed by atoms with van der Waals surface area (Å²) < 4.78 is 26.1. The maximum absolute atomic E-state index is 12.5. The fourth-order valence-electron chi connectivity index (χ4n) is 1.81. The molecule has 1 aromatic carbocycles. The normalized spacial score (nSPS) is 11.0. The van der Waals surface area contributed by atoms with Crippen molar-refractivity contribution in [1.29, 1.82) is 0 Å². The molecule has 3 amide bonds. The van der Waals surface area contributed by atoms with Gasteiger partial charge < -0.3 is 10.2 Å². The van der Waals surface area contributed by atoms with Crippen LogP contribution in [0.3, 0.4) is 0 Å². The minimum Gasteiger partial charge on any atom is -0.324 e. The number of halogens is 3. The average molecular weight is 705 g/mol. The van der Waals surface area contributed by atoms with Gasteiger partial charge in [-0.3, -0.25) is 14.4 Å². The molecule has 138 valence electrons. The van der Waals surface area contributed by atoms with Gasteiger partial charge >= 0.3 is 0 Å². The molecule has 0 aliphatic rings. The molecule has 0 saturated heterocycles. The van der Waals surface area contributed by atoms with Crippen LogP contribution in [0.4, 0.5) is 11.4 Å². The lowest BCUT2D eigenvalue weighted by Gasteiger charge is -2.24. The van der Waals surface area contributed by atoms with Gasteiger partial charge in [-0.1, -0.05) is 0 Å². The van der Waals surface area contributed by atoms with E-state index >= 15 is 0 Å². The van der Waals surface area contributed by atoms with Crippen molar-refractivity contribution in [2.24, 2.45) is 0 Å². The summed E-state index contributed by atoms with van der Waals surface area (Å²) in [6, 6.07) is 0. The molecule has 1 rings (SSSR count). The molecule has 0 aromatic heterocycles. The van der Waals surface area contributed by atoms with Crippen molar-refractivity contribution in [2.75, 3.05) is 23.5 Å². The Morgan fingerprint density at radius 3 is 1.92 bits per heavy atom. The molecule has 0 aliphatic carbocycles. The van der Waals surface area contributed by atoms with Gasteiger partial charge in [0.15, 0.2) is 0 Å². The lowest BCUT2D eigenvalue weighted by molar-refractivity contribution is -0.116. The number of nitrogens with zero attached hydrogens (tertiary/aromatic N) is 1. The molecule has 0 bridgehead atoms. The first kappa shape index (κ1) is 22.8. The smallest absolute Gasteiger partial charge is 0.267 e. The summed E-state index contributed by atoms with van der Waals surface area (Å²) in [7, 11) is -2.24. The van der Waals surface area contributed by atoms with Crippen LogP contribution in [-0.2, 0) is 19.6 Å². The van der Waals surface area contributed by atoms with Gasteiger partial charge in [0.1, 0.15) is 0 Å². The zero-order valence-electron chi connectivity index (χ0n) is 13.5. The molecule has 0 saturated carbocycles. The molecule has 25 heavy (non-hydrogen) atoms. The van der Waals surface area contributed by atoms with E-state index in [1.54, 1.807) is 0 Å². The second-order valence-electron chi connectivity index (χ2n) is 5.00. The monoisotopic (exact) mass is 705 g/mol. The van der Waals surface area contributed by atoms with Crippen LogP contribution in [0.5, 0.6) is 0 Å². The van der Waals surface area contributed by atoms with Crippen LogP contribution < -0.4 is 14.9 Å². The van der Waals surface area contributed by atoms with E-state index in [0.717, 1.165) is 6.26 Å². The first-order chi connectivity index (χ1) is 11.3. The van der Waals surface area contributed by atoms with Crippen molar-refractivity contribution in [3.8, 4) is 0 Å². The standard InChI is InChI=1S/C13H14I3N3O5S/c1-5(20)17-11-8(14)7(13(22)18-25(4,23)24)9(15)12(10(11)16)19(3)6(2)21/h1-4H3,(H,17,20)(H,18,22). The Bertz CT molecular complexity index is 870. The SMILES string of the molecule is CC(=O)Nc1c(I)c(C(=O)NS(C)(=O)=O)c(I)c(N(C)C(C)=O)c1I. The number of carbonyl (C=O) groups is 3. The molecular formula is C13H14I3N3O5S. The molecular weight excluding hydrogens is 691 g/mol. The third-order valence-corrected chi connectivity index (χ3v) is 6.64. The first-order valence-corrected chi connectivity index (χ1v) is 11.6. The molecule has 2 N–H and O–H groups in total. The number of hydrogen-bond acceptors (Lipinski definition) is 5. The number of amides is 3. The van der Waals surface area contributed by atoms with E-state index in [2.05, 4.69) is 5.32 Å². The molecule has 8 nitrogen and oxygen atoms in total. The molecule has 12 heteroatoms. The molecule has 0 heterocycles. The Kier molecular flexibility index (Phi) is 7.88. The molecule has 0 radical (unpaired) electrons. The van der Waals surface area contributed by atoms with Gasteiger partial charge in [0.05, 0.1) is 33.9 Å². The lowest BCUT2D eigenvalue weighted by Crippen LogP contribution is -2.33. The molecule has 0 aliphatic heterocycles. The average Bonchev–Trinajstić information content (AvgIpc) is 2.41. The summed E-state index contributed by atoms with van der Waals surface area (Å²) in [6.07, 6.45) is 0.870. The minimum absolute atomic E-state index is 0.0684. The van der Waals surface area contributed by atoms with E-state index in [-0.39, 0.29) is 17.4 Å². The van der Waals surface area contributed by atoms with Gasteiger partial charge in [-0.05, 0) is 67.8 Å². The van der Waals surface area contributed by atoms with Crippen LogP contribution in [0.25, 0.3) is 0 Å². The molecule has 0 atom stereocenters. The summed E-state index contributed by atoms with van der Waals surface area (Å²) in [5.41, 5.74) is 0.825. The highest BCUT2D eigenvalue weighted by Gasteiger charge is 2.28. The maximum Gasteiger partial charge on any atom is 0.267 e. The Hall–Kier alpha value is -0.230. The summed E-state index contributed by atoms with van der Waals surface area (Å²) in [5, 5.41) is 2.64. The van der Waals surface area contributed by atoms with E-state index in [0.29, 0.717) is 22.1 Å². The maximum atomic E-state index is 12.5. The van der Waals surface area contributed by atoms with Crippen molar-refractivity contribution >= 4 is 107 Å². The number of nitrogens with one attached hydrogen (secondary N) is 2. The van der Waals surface area contributed by atoms with Gasteiger partial charge in [-0.2, -0.15) is 0 Å². The van der Waals surface area contributed by atoms with Gasteiger partial charge in [0, 0.05) is 20.9 Å². The largest absolute Gasteiger partial charge is 0.324 e. The molecule has 0 fully saturated rings.